The van der Waals surface area contributed by atoms with Gasteiger partial charge < -0.3 is 15.7 Å². The van der Waals surface area contributed by atoms with E-state index in [-0.39, 0.29) is 6.10 Å². The molecule has 1 aromatic carbocycles. The van der Waals surface area contributed by atoms with Gasteiger partial charge in [0.1, 0.15) is 0 Å². The average Bonchev–Trinajstić information content (AvgIpc) is 2.58. The van der Waals surface area contributed by atoms with Crippen LogP contribution in [0.3, 0.4) is 0 Å². The number of nitrogens with zero attached hydrogens (tertiary/aromatic N) is 2. The van der Waals surface area contributed by atoms with E-state index in [1.807, 2.05) is 0 Å². The number of hydrogen-bond acceptors (Lipinski definition) is 3. The van der Waals surface area contributed by atoms with Gasteiger partial charge in [-0.2, -0.15) is 0 Å². The summed E-state index contributed by atoms with van der Waals surface area (Å²) in [6, 6.07) is 8.67. The molecule has 1 fully saturated rings. The summed E-state index contributed by atoms with van der Waals surface area (Å²) in [7, 11) is 1.76. The maximum atomic E-state index is 9.55. The summed E-state index contributed by atoms with van der Waals surface area (Å²) >= 11 is 0. The van der Waals surface area contributed by atoms with Gasteiger partial charge in [-0.15, -0.1) is 6.58 Å². The predicted octanol–water partition coefficient (Wildman–Crippen LogP) is 1.49. The first-order valence-corrected chi connectivity index (χ1v) is 8.25. The van der Waals surface area contributed by atoms with Crippen LogP contribution in [-0.2, 0) is 13.1 Å². The van der Waals surface area contributed by atoms with Crippen LogP contribution in [0, 0.1) is 0 Å². The maximum Gasteiger partial charge on any atom is 0.191 e. The molecule has 3 N–H and O–H groups in total. The van der Waals surface area contributed by atoms with Gasteiger partial charge in [-0.3, -0.25) is 9.89 Å². The van der Waals surface area contributed by atoms with Crippen molar-refractivity contribution in [2.75, 3.05) is 26.7 Å². The molecule has 1 saturated heterocycles. The molecule has 0 unspecified atom stereocenters. The van der Waals surface area contributed by atoms with Crippen molar-refractivity contribution in [3.63, 3.8) is 0 Å². The molecule has 1 aliphatic rings. The molecule has 0 radical (unpaired) electrons. The Kier molecular flexibility index (Phi) is 7.10. The summed E-state index contributed by atoms with van der Waals surface area (Å²) < 4.78 is 0. The number of piperidine rings is 1. The van der Waals surface area contributed by atoms with Crippen molar-refractivity contribution in [2.45, 2.75) is 32.0 Å². The van der Waals surface area contributed by atoms with Crippen LogP contribution in [0.2, 0.25) is 0 Å². The van der Waals surface area contributed by atoms with Crippen molar-refractivity contribution in [1.29, 1.82) is 0 Å². The lowest BCUT2D eigenvalue weighted by Crippen LogP contribution is -2.36. The molecule has 0 saturated carbocycles. The molecule has 2 rings (SSSR count). The Morgan fingerprint density at radius 2 is 1.91 bits per heavy atom. The van der Waals surface area contributed by atoms with Crippen LogP contribution in [0.5, 0.6) is 0 Å². The number of hydrogen-bond donors (Lipinski definition) is 3. The number of guanidine groups is 1. The molecule has 1 aromatic rings. The first-order valence-electron chi connectivity index (χ1n) is 8.25. The van der Waals surface area contributed by atoms with E-state index in [0.717, 1.165) is 45.0 Å². The van der Waals surface area contributed by atoms with Gasteiger partial charge in [0.2, 0.25) is 0 Å². The number of benzene rings is 1. The van der Waals surface area contributed by atoms with E-state index in [0.29, 0.717) is 6.54 Å². The standard InChI is InChI=1S/C18H28N4O/c1-3-10-20-18(19-2)21-13-15-4-6-16(7-5-15)14-22-11-8-17(23)9-12-22/h3-7,17,23H,1,8-14H2,2H3,(H2,19,20,21). The molecule has 5 heteroatoms. The number of aliphatic imine (C=N–C) groups is 1. The third-order valence-corrected chi connectivity index (χ3v) is 4.08. The number of aliphatic hydroxyl groups is 1. The lowest BCUT2D eigenvalue weighted by Gasteiger charge is -2.29. The van der Waals surface area contributed by atoms with E-state index in [1.54, 1.807) is 13.1 Å². The molecular weight excluding hydrogens is 288 g/mol. The molecule has 0 aliphatic carbocycles. The molecule has 1 aliphatic heterocycles. The first kappa shape index (κ1) is 17.5. The zero-order chi connectivity index (χ0) is 16.5. The Balaban J connectivity index is 1.78. The van der Waals surface area contributed by atoms with Crippen molar-refractivity contribution in [3.05, 3.63) is 48.0 Å². The van der Waals surface area contributed by atoms with Gasteiger partial charge in [0, 0.05) is 39.8 Å². The molecule has 0 atom stereocenters. The molecule has 0 amide bonds. The molecular formula is C18H28N4O. The van der Waals surface area contributed by atoms with Crippen molar-refractivity contribution < 1.29 is 5.11 Å². The Hall–Kier alpha value is -1.85. The van der Waals surface area contributed by atoms with Gasteiger partial charge in [0.25, 0.3) is 0 Å². The summed E-state index contributed by atoms with van der Waals surface area (Å²) in [4.78, 5) is 6.56. The Labute approximate surface area is 139 Å². The quantitative estimate of drug-likeness (QED) is 0.423. The number of nitrogens with one attached hydrogen (secondary N) is 2. The van der Waals surface area contributed by atoms with Crippen LogP contribution in [-0.4, -0.2) is 48.8 Å². The van der Waals surface area contributed by atoms with Gasteiger partial charge in [0.15, 0.2) is 5.96 Å². The molecule has 0 bridgehead atoms. The maximum absolute atomic E-state index is 9.55. The summed E-state index contributed by atoms with van der Waals surface area (Å²) in [5.74, 6) is 0.779. The Morgan fingerprint density at radius 3 is 2.52 bits per heavy atom. The summed E-state index contributed by atoms with van der Waals surface area (Å²) in [6.45, 7) is 8.05. The second-order valence-electron chi connectivity index (χ2n) is 5.92. The van der Waals surface area contributed by atoms with Crippen LogP contribution in [0.1, 0.15) is 24.0 Å². The van der Waals surface area contributed by atoms with Crippen LogP contribution < -0.4 is 10.6 Å². The fourth-order valence-electron chi connectivity index (χ4n) is 2.67. The van der Waals surface area contributed by atoms with E-state index < -0.39 is 0 Å². The highest BCUT2D eigenvalue weighted by Gasteiger charge is 2.16. The second-order valence-corrected chi connectivity index (χ2v) is 5.92. The van der Waals surface area contributed by atoms with Crippen molar-refractivity contribution in [3.8, 4) is 0 Å². The van der Waals surface area contributed by atoms with Gasteiger partial charge in [-0.05, 0) is 24.0 Å². The minimum Gasteiger partial charge on any atom is -0.393 e. The van der Waals surface area contributed by atoms with E-state index >= 15 is 0 Å². The average molecular weight is 316 g/mol. The minimum absolute atomic E-state index is 0.108. The first-order chi connectivity index (χ1) is 11.2. The SMILES string of the molecule is C=CCNC(=NC)NCc1ccc(CN2CCC(O)CC2)cc1. The van der Waals surface area contributed by atoms with Crippen LogP contribution in [0.15, 0.2) is 41.9 Å². The van der Waals surface area contributed by atoms with Gasteiger partial charge in [-0.1, -0.05) is 30.3 Å². The zero-order valence-corrected chi connectivity index (χ0v) is 14.0. The van der Waals surface area contributed by atoms with Crippen molar-refractivity contribution in [2.24, 2.45) is 4.99 Å². The van der Waals surface area contributed by atoms with Crippen LogP contribution in [0.4, 0.5) is 0 Å². The minimum atomic E-state index is -0.108. The lowest BCUT2D eigenvalue weighted by atomic mass is 10.1. The highest BCUT2D eigenvalue weighted by atomic mass is 16.3. The van der Waals surface area contributed by atoms with E-state index in [2.05, 4.69) is 51.4 Å². The van der Waals surface area contributed by atoms with Crippen molar-refractivity contribution >= 4 is 5.96 Å². The third-order valence-electron chi connectivity index (χ3n) is 4.08. The summed E-state index contributed by atoms with van der Waals surface area (Å²) in [5.41, 5.74) is 2.55. The fourth-order valence-corrected chi connectivity index (χ4v) is 2.67. The highest BCUT2D eigenvalue weighted by molar-refractivity contribution is 5.79. The molecule has 23 heavy (non-hydrogen) atoms. The Morgan fingerprint density at radius 1 is 1.26 bits per heavy atom. The molecule has 1 heterocycles. The van der Waals surface area contributed by atoms with Gasteiger partial charge in [0.05, 0.1) is 6.10 Å². The Bertz CT molecular complexity index is 504. The predicted molar refractivity (Wildman–Crippen MR) is 95.4 cm³/mol. The summed E-state index contributed by atoms with van der Waals surface area (Å²) in [5, 5.41) is 16.0. The largest absolute Gasteiger partial charge is 0.393 e. The number of aliphatic hydroxyl groups excluding tert-OH is 1. The molecule has 126 valence electrons. The van der Waals surface area contributed by atoms with E-state index in [4.69, 9.17) is 0 Å². The second kappa shape index (κ2) is 9.33. The van der Waals surface area contributed by atoms with Gasteiger partial charge >= 0.3 is 0 Å². The van der Waals surface area contributed by atoms with Crippen molar-refractivity contribution in [1.82, 2.24) is 15.5 Å². The van der Waals surface area contributed by atoms with Gasteiger partial charge in [-0.25, -0.2) is 0 Å². The molecule has 5 nitrogen and oxygen atoms in total. The normalized spacial score (nSPS) is 17.0. The molecule has 0 aromatic heterocycles. The monoisotopic (exact) mass is 316 g/mol. The van der Waals surface area contributed by atoms with Crippen LogP contribution in [0.25, 0.3) is 0 Å². The smallest absolute Gasteiger partial charge is 0.191 e. The zero-order valence-electron chi connectivity index (χ0n) is 14.0. The third kappa shape index (κ3) is 6.04. The van der Waals surface area contributed by atoms with E-state index in [9.17, 15) is 5.11 Å². The number of likely N-dealkylation sites (tertiary alicyclic amines) is 1. The highest BCUT2D eigenvalue weighted by Crippen LogP contribution is 2.14. The number of rotatable bonds is 6. The summed E-state index contributed by atoms with van der Waals surface area (Å²) in [6.07, 6.45) is 3.47. The topological polar surface area (TPSA) is 59.9 Å². The van der Waals surface area contributed by atoms with Crippen LogP contribution >= 0.6 is 0 Å². The van der Waals surface area contributed by atoms with E-state index in [1.165, 1.54) is 11.1 Å². The fraction of sp³-hybridized carbons (Fsp3) is 0.500. The lowest BCUT2D eigenvalue weighted by molar-refractivity contribution is 0.0792. The molecule has 0 spiro atoms.